The minimum absolute atomic E-state index is 0.273. The lowest BCUT2D eigenvalue weighted by Crippen LogP contribution is -2.15. The summed E-state index contributed by atoms with van der Waals surface area (Å²) in [4.78, 5) is 21.0. The summed E-state index contributed by atoms with van der Waals surface area (Å²) in [6, 6.07) is 0. The Hall–Kier alpha value is -1.96. The summed E-state index contributed by atoms with van der Waals surface area (Å²) in [6.07, 6.45) is 2.12. The number of amides is 1. The third kappa shape index (κ3) is 2.41. The van der Waals surface area contributed by atoms with Crippen molar-refractivity contribution >= 4 is 11.6 Å². The van der Waals surface area contributed by atoms with Crippen molar-refractivity contribution in [2.75, 3.05) is 13.2 Å². The van der Waals surface area contributed by atoms with Gasteiger partial charge in [-0.1, -0.05) is 0 Å². The van der Waals surface area contributed by atoms with E-state index in [0.29, 0.717) is 19.8 Å². The van der Waals surface area contributed by atoms with Gasteiger partial charge in [0, 0.05) is 19.1 Å². The fourth-order valence-corrected chi connectivity index (χ4v) is 1.81. The third-order valence-electron chi connectivity index (χ3n) is 2.64. The predicted octanol–water partition coefficient (Wildman–Crippen LogP) is -0.0733. The van der Waals surface area contributed by atoms with Gasteiger partial charge in [0.05, 0.1) is 11.5 Å². The van der Waals surface area contributed by atoms with Crippen molar-refractivity contribution in [3.63, 3.8) is 0 Å². The molecule has 1 fully saturated rings. The number of aromatic nitrogens is 2. The maximum atomic E-state index is 11.0. The Kier molecular flexibility index (Phi) is 3.05. The number of nitrogens with zero attached hydrogens (tertiary/aromatic N) is 3. The van der Waals surface area contributed by atoms with Crippen molar-refractivity contribution in [3.8, 4) is 0 Å². The molecule has 0 aromatic carbocycles. The average molecular weight is 240 g/mol. The summed E-state index contributed by atoms with van der Waals surface area (Å²) in [5, 5.41) is 14.5. The summed E-state index contributed by atoms with van der Waals surface area (Å²) >= 11 is 0. The van der Waals surface area contributed by atoms with E-state index in [9.17, 15) is 14.9 Å². The molecule has 1 aromatic rings. The highest BCUT2D eigenvalue weighted by atomic mass is 16.6. The lowest BCUT2D eigenvalue weighted by Gasteiger charge is -2.05. The first-order valence-electron chi connectivity index (χ1n) is 5.17. The Morgan fingerprint density at radius 2 is 2.53 bits per heavy atom. The second kappa shape index (κ2) is 4.50. The molecule has 92 valence electrons. The summed E-state index contributed by atoms with van der Waals surface area (Å²) in [7, 11) is 0. The number of rotatable bonds is 4. The third-order valence-corrected chi connectivity index (χ3v) is 2.64. The van der Waals surface area contributed by atoms with Crippen LogP contribution in [-0.4, -0.2) is 33.8 Å². The smallest absolute Gasteiger partial charge is 0.320 e. The molecule has 1 aromatic heterocycles. The maximum Gasteiger partial charge on any atom is 0.320 e. The van der Waals surface area contributed by atoms with Crippen molar-refractivity contribution < 1.29 is 14.5 Å². The van der Waals surface area contributed by atoms with Crippen LogP contribution >= 0.6 is 0 Å². The van der Waals surface area contributed by atoms with Crippen LogP contribution < -0.4 is 5.73 Å². The molecule has 17 heavy (non-hydrogen) atoms. The van der Waals surface area contributed by atoms with Gasteiger partial charge in [0.25, 0.3) is 5.91 Å². The average Bonchev–Trinajstić information content (AvgIpc) is 2.86. The standard InChI is InChI=1S/C9H12N4O4/c10-9(14)8-7(13(15)16)4-12(11-8)3-6-1-2-17-5-6/h4,6H,1-3,5H2,(H2,10,14). The summed E-state index contributed by atoms with van der Waals surface area (Å²) in [5.74, 6) is -0.617. The lowest BCUT2D eigenvalue weighted by molar-refractivity contribution is -0.385. The zero-order valence-electron chi connectivity index (χ0n) is 9.04. The van der Waals surface area contributed by atoms with Gasteiger partial charge in [-0.25, -0.2) is 0 Å². The van der Waals surface area contributed by atoms with Gasteiger partial charge in [-0.05, 0) is 6.42 Å². The molecule has 2 N–H and O–H groups in total. The van der Waals surface area contributed by atoms with Crippen molar-refractivity contribution in [2.24, 2.45) is 11.7 Å². The Morgan fingerprint density at radius 1 is 1.76 bits per heavy atom. The zero-order chi connectivity index (χ0) is 12.4. The van der Waals surface area contributed by atoms with Crippen LogP contribution in [0.15, 0.2) is 6.20 Å². The van der Waals surface area contributed by atoms with Crippen LogP contribution in [0.3, 0.4) is 0 Å². The van der Waals surface area contributed by atoms with E-state index in [4.69, 9.17) is 10.5 Å². The first-order valence-corrected chi connectivity index (χ1v) is 5.17. The predicted molar refractivity (Wildman–Crippen MR) is 56.3 cm³/mol. The van der Waals surface area contributed by atoms with Crippen molar-refractivity contribution in [3.05, 3.63) is 22.0 Å². The van der Waals surface area contributed by atoms with Gasteiger partial charge in [-0.3, -0.25) is 19.6 Å². The van der Waals surface area contributed by atoms with Gasteiger partial charge in [-0.15, -0.1) is 0 Å². The first-order chi connectivity index (χ1) is 8.08. The van der Waals surface area contributed by atoms with Crippen LogP contribution in [0.4, 0.5) is 5.69 Å². The molecule has 1 aliphatic heterocycles. The molecule has 1 saturated heterocycles. The molecule has 0 radical (unpaired) electrons. The van der Waals surface area contributed by atoms with Gasteiger partial charge in [0.2, 0.25) is 5.69 Å². The number of primary amides is 1. The minimum Gasteiger partial charge on any atom is -0.381 e. The highest BCUT2D eigenvalue weighted by molar-refractivity contribution is 5.94. The van der Waals surface area contributed by atoms with E-state index in [2.05, 4.69) is 5.10 Å². The summed E-state index contributed by atoms with van der Waals surface area (Å²) in [6.45, 7) is 1.80. The van der Waals surface area contributed by atoms with E-state index in [1.54, 1.807) is 0 Å². The van der Waals surface area contributed by atoms with Crippen LogP contribution in [0.5, 0.6) is 0 Å². The van der Waals surface area contributed by atoms with Crippen molar-refractivity contribution in [1.29, 1.82) is 0 Å². The fourth-order valence-electron chi connectivity index (χ4n) is 1.81. The molecule has 0 aliphatic carbocycles. The quantitative estimate of drug-likeness (QED) is 0.584. The Morgan fingerprint density at radius 3 is 3.00 bits per heavy atom. The fraction of sp³-hybridized carbons (Fsp3) is 0.556. The van der Waals surface area contributed by atoms with Crippen LogP contribution in [-0.2, 0) is 11.3 Å². The van der Waals surface area contributed by atoms with Crippen LogP contribution in [0.2, 0.25) is 0 Å². The van der Waals surface area contributed by atoms with Gasteiger partial charge in [0.1, 0.15) is 6.20 Å². The second-order valence-electron chi connectivity index (χ2n) is 3.94. The number of carbonyl (C=O) groups excluding carboxylic acids is 1. The van der Waals surface area contributed by atoms with Gasteiger partial charge >= 0.3 is 5.69 Å². The Balaban J connectivity index is 2.20. The van der Waals surface area contributed by atoms with E-state index in [0.717, 1.165) is 6.42 Å². The number of nitrogens with two attached hydrogens (primary N) is 1. The molecule has 0 bridgehead atoms. The Bertz CT molecular complexity index is 418. The zero-order valence-corrected chi connectivity index (χ0v) is 9.04. The van der Waals surface area contributed by atoms with Gasteiger partial charge in [0.15, 0.2) is 0 Å². The molecule has 1 aliphatic rings. The van der Waals surface area contributed by atoms with E-state index >= 15 is 0 Å². The van der Waals surface area contributed by atoms with Crippen LogP contribution in [0.25, 0.3) is 0 Å². The molecule has 0 spiro atoms. The number of nitro groups is 1. The van der Waals surface area contributed by atoms with Crippen LogP contribution in [0, 0.1) is 16.0 Å². The van der Waals surface area contributed by atoms with Gasteiger partial charge < -0.3 is 10.5 Å². The summed E-state index contributed by atoms with van der Waals surface area (Å²) in [5.41, 5.74) is 4.38. The molecular weight excluding hydrogens is 228 g/mol. The molecule has 1 atom stereocenters. The largest absolute Gasteiger partial charge is 0.381 e. The maximum absolute atomic E-state index is 11.0. The molecular formula is C9H12N4O4. The molecule has 0 saturated carbocycles. The highest BCUT2D eigenvalue weighted by Crippen LogP contribution is 2.19. The monoisotopic (exact) mass is 240 g/mol. The van der Waals surface area contributed by atoms with E-state index in [1.165, 1.54) is 10.9 Å². The minimum atomic E-state index is -0.891. The lowest BCUT2D eigenvalue weighted by atomic mass is 10.1. The van der Waals surface area contributed by atoms with E-state index in [-0.39, 0.29) is 17.3 Å². The number of ether oxygens (including phenoxy) is 1. The second-order valence-corrected chi connectivity index (χ2v) is 3.94. The van der Waals surface area contributed by atoms with Gasteiger partial charge in [-0.2, -0.15) is 5.10 Å². The number of carbonyl (C=O) groups is 1. The van der Waals surface area contributed by atoms with Crippen LogP contribution in [0.1, 0.15) is 16.9 Å². The van der Waals surface area contributed by atoms with Crippen molar-refractivity contribution in [2.45, 2.75) is 13.0 Å². The van der Waals surface area contributed by atoms with E-state index < -0.39 is 10.8 Å². The molecule has 2 rings (SSSR count). The molecule has 2 heterocycles. The number of hydrogen-bond acceptors (Lipinski definition) is 5. The molecule has 8 heteroatoms. The van der Waals surface area contributed by atoms with E-state index in [1.807, 2.05) is 0 Å². The normalized spacial score (nSPS) is 19.4. The summed E-state index contributed by atoms with van der Waals surface area (Å²) < 4.78 is 6.58. The molecule has 1 amide bonds. The topological polar surface area (TPSA) is 113 Å². The Labute approximate surface area is 96.5 Å². The first kappa shape index (κ1) is 11.5. The molecule has 8 nitrogen and oxygen atoms in total. The highest BCUT2D eigenvalue weighted by Gasteiger charge is 2.25. The molecule has 1 unspecified atom stereocenters. The number of hydrogen-bond donors (Lipinski definition) is 1. The SMILES string of the molecule is NC(=O)c1nn(CC2CCOC2)cc1[N+](=O)[O-]. The van der Waals surface area contributed by atoms with Crippen molar-refractivity contribution in [1.82, 2.24) is 9.78 Å².